The molecule has 4 rings (SSSR count). The van der Waals surface area contributed by atoms with Crippen molar-refractivity contribution < 1.29 is 19.4 Å². The number of aliphatic carboxylic acids is 1. The van der Waals surface area contributed by atoms with Gasteiger partial charge in [0.2, 0.25) is 5.91 Å². The van der Waals surface area contributed by atoms with E-state index >= 15 is 0 Å². The van der Waals surface area contributed by atoms with E-state index < -0.39 is 12.0 Å². The van der Waals surface area contributed by atoms with Crippen LogP contribution in [0.25, 0.3) is 10.9 Å². The maximum atomic E-state index is 13.2. The summed E-state index contributed by atoms with van der Waals surface area (Å²) in [4.78, 5) is 28.6. The molecule has 0 fully saturated rings. The fraction of sp³-hybridized carbons (Fsp3) is 0.308. The molecule has 2 aromatic carbocycles. The molecule has 1 N–H and O–H groups in total. The Balaban J connectivity index is 1.65. The van der Waals surface area contributed by atoms with Crippen LogP contribution in [-0.4, -0.2) is 39.3 Å². The molecule has 0 saturated heterocycles. The van der Waals surface area contributed by atoms with Gasteiger partial charge in [0.05, 0.1) is 23.9 Å². The van der Waals surface area contributed by atoms with Gasteiger partial charge >= 0.3 is 5.97 Å². The summed E-state index contributed by atoms with van der Waals surface area (Å²) in [7, 11) is 0. The average Bonchev–Trinajstić information content (AvgIpc) is 3.27. The highest BCUT2D eigenvalue weighted by Crippen LogP contribution is 2.38. The van der Waals surface area contributed by atoms with Crippen molar-refractivity contribution in [2.75, 3.05) is 6.61 Å². The van der Waals surface area contributed by atoms with Crippen LogP contribution in [0.1, 0.15) is 56.2 Å². The van der Waals surface area contributed by atoms with Crippen LogP contribution < -0.4 is 4.74 Å². The van der Waals surface area contributed by atoms with Crippen LogP contribution in [-0.2, 0) is 9.59 Å². The molecule has 0 spiro atoms. The van der Waals surface area contributed by atoms with E-state index in [4.69, 9.17) is 21.4 Å². The van der Waals surface area contributed by atoms with Gasteiger partial charge in [-0.1, -0.05) is 39.7 Å². The lowest BCUT2D eigenvalue weighted by atomic mass is 9.98. The predicted molar refractivity (Wildman–Crippen MR) is 139 cm³/mol. The first kappa shape index (κ1) is 25.1. The van der Waals surface area contributed by atoms with Gasteiger partial charge in [0.1, 0.15) is 10.9 Å². The number of carbonyl (C=O) groups is 2. The maximum absolute atomic E-state index is 13.2. The second-order valence-electron chi connectivity index (χ2n) is 8.27. The van der Waals surface area contributed by atoms with Gasteiger partial charge in [0.25, 0.3) is 0 Å². The van der Waals surface area contributed by atoms with Gasteiger partial charge in [0, 0.05) is 40.8 Å². The Hall–Kier alpha value is -2.97. The number of halogens is 2. The van der Waals surface area contributed by atoms with E-state index in [1.165, 1.54) is 5.01 Å². The summed E-state index contributed by atoms with van der Waals surface area (Å²) in [5, 5.41) is 16.2. The summed E-state index contributed by atoms with van der Waals surface area (Å²) < 4.78 is 6.53. The number of pyridine rings is 1. The smallest absolute Gasteiger partial charge is 0.303 e. The Morgan fingerprint density at radius 1 is 1.14 bits per heavy atom. The number of hydrazone groups is 1. The predicted octanol–water partition coefficient (Wildman–Crippen LogP) is 6.37. The summed E-state index contributed by atoms with van der Waals surface area (Å²) in [6.07, 6.45) is 1.64. The molecular weight excluding hydrogens is 534 g/mol. The summed E-state index contributed by atoms with van der Waals surface area (Å²) in [5.41, 5.74) is 3.14. The summed E-state index contributed by atoms with van der Waals surface area (Å²) in [6, 6.07) is 15.0. The molecule has 0 radical (unpaired) electrons. The first-order chi connectivity index (χ1) is 16.9. The van der Waals surface area contributed by atoms with Crippen LogP contribution in [0.2, 0.25) is 5.15 Å². The second kappa shape index (κ2) is 11.2. The number of hydrogen-bond donors (Lipinski definition) is 1. The van der Waals surface area contributed by atoms with Crippen LogP contribution in [0.5, 0.6) is 5.75 Å². The first-order valence-corrected chi connectivity index (χ1v) is 12.6. The standard InChI is InChI=1S/C26H25BrClN3O4/c1-2-35-19-12-9-17-13-20(26(28)29-21(17)14-19)23-15-22(16-7-10-18(27)11-8-16)30-31(23)24(32)5-3-4-6-25(33)34/h7-14,23H,2-6,15H2,1H3,(H,33,34). The monoisotopic (exact) mass is 557 g/mol. The molecule has 9 heteroatoms. The van der Waals surface area contributed by atoms with Crippen LogP contribution in [0.3, 0.4) is 0 Å². The number of ether oxygens (including phenoxy) is 1. The van der Waals surface area contributed by atoms with Crippen LogP contribution in [0.15, 0.2) is 58.1 Å². The molecule has 1 unspecified atom stereocenters. The number of carboxylic acid groups (broad SMARTS) is 1. The van der Waals surface area contributed by atoms with Crippen molar-refractivity contribution in [1.29, 1.82) is 0 Å². The molecule has 1 amide bonds. The van der Waals surface area contributed by atoms with Gasteiger partial charge < -0.3 is 9.84 Å². The van der Waals surface area contributed by atoms with Crippen molar-refractivity contribution in [3.63, 3.8) is 0 Å². The Morgan fingerprint density at radius 2 is 1.89 bits per heavy atom. The molecule has 0 aliphatic carbocycles. The van der Waals surface area contributed by atoms with Crippen molar-refractivity contribution in [1.82, 2.24) is 9.99 Å². The third-order valence-corrected chi connectivity index (χ3v) is 6.65. The minimum absolute atomic E-state index is 0.0360. The van der Waals surface area contributed by atoms with Crippen molar-refractivity contribution in [3.8, 4) is 5.75 Å². The number of hydrogen-bond acceptors (Lipinski definition) is 5. The van der Waals surface area contributed by atoms with Gasteiger partial charge in [-0.15, -0.1) is 0 Å². The molecule has 1 aromatic heterocycles. The highest BCUT2D eigenvalue weighted by atomic mass is 79.9. The summed E-state index contributed by atoms with van der Waals surface area (Å²) >= 11 is 10.1. The van der Waals surface area contributed by atoms with Crippen molar-refractivity contribution >= 4 is 56.0 Å². The van der Waals surface area contributed by atoms with Gasteiger partial charge in [-0.3, -0.25) is 9.59 Å². The lowest BCUT2D eigenvalue weighted by Gasteiger charge is -2.23. The normalized spacial score (nSPS) is 15.3. The number of fused-ring (bicyclic) bond motifs is 1. The van der Waals surface area contributed by atoms with E-state index in [-0.39, 0.29) is 18.7 Å². The highest BCUT2D eigenvalue weighted by molar-refractivity contribution is 9.10. The van der Waals surface area contributed by atoms with Crippen LogP contribution >= 0.6 is 27.5 Å². The summed E-state index contributed by atoms with van der Waals surface area (Å²) in [6.45, 7) is 2.48. The van der Waals surface area contributed by atoms with E-state index in [0.29, 0.717) is 36.5 Å². The van der Waals surface area contributed by atoms with E-state index in [1.807, 2.05) is 55.5 Å². The maximum Gasteiger partial charge on any atom is 0.303 e. The van der Waals surface area contributed by atoms with Crippen molar-refractivity contribution in [2.24, 2.45) is 5.10 Å². The van der Waals surface area contributed by atoms with E-state index in [2.05, 4.69) is 26.0 Å². The molecule has 35 heavy (non-hydrogen) atoms. The minimum Gasteiger partial charge on any atom is -0.494 e. The van der Waals surface area contributed by atoms with Gasteiger partial charge in [-0.05, 0) is 55.7 Å². The van der Waals surface area contributed by atoms with Gasteiger partial charge in [0.15, 0.2) is 0 Å². The molecule has 0 bridgehead atoms. The van der Waals surface area contributed by atoms with Gasteiger partial charge in [-0.2, -0.15) is 5.10 Å². The zero-order valence-corrected chi connectivity index (χ0v) is 21.6. The summed E-state index contributed by atoms with van der Waals surface area (Å²) in [5.74, 6) is -0.319. The molecule has 1 aliphatic heterocycles. The number of rotatable bonds is 9. The zero-order chi connectivity index (χ0) is 24.9. The van der Waals surface area contributed by atoms with E-state index in [0.717, 1.165) is 32.4 Å². The fourth-order valence-corrected chi connectivity index (χ4v) is 4.63. The topological polar surface area (TPSA) is 92.1 Å². The van der Waals surface area contributed by atoms with Crippen molar-refractivity contribution in [2.45, 2.75) is 45.1 Å². The number of carboxylic acids is 1. The molecule has 3 aromatic rings. The number of nitrogens with zero attached hydrogens (tertiary/aromatic N) is 3. The first-order valence-electron chi connectivity index (χ1n) is 11.5. The van der Waals surface area contributed by atoms with Crippen LogP contribution in [0.4, 0.5) is 0 Å². The number of unbranched alkanes of at least 4 members (excludes halogenated alkanes) is 1. The molecular formula is C26H25BrClN3O4. The number of aromatic nitrogens is 1. The lowest BCUT2D eigenvalue weighted by molar-refractivity contribution is -0.138. The van der Waals surface area contributed by atoms with E-state index in [1.54, 1.807) is 0 Å². The number of benzene rings is 2. The third-order valence-electron chi connectivity index (χ3n) is 5.81. The van der Waals surface area contributed by atoms with E-state index in [9.17, 15) is 9.59 Å². The fourth-order valence-electron chi connectivity index (χ4n) is 4.10. The lowest BCUT2D eigenvalue weighted by Crippen LogP contribution is -2.27. The van der Waals surface area contributed by atoms with Crippen LogP contribution in [0, 0.1) is 0 Å². The van der Waals surface area contributed by atoms with Gasteiger partial charge in [-0.25, -0.2) is 9.99 Å². The molecule has 2 heterocycles. The third kappa shape index (κ3) is 6.00. The zero-order valence-electron chi connectivity index (χ0n) is 19.2. The number of amides is 1. The quantitative estimate of drug-likeness (QED) is 0.243. The molecule has 0 saturated carbocycles. The Bertz CT molecular complexity index is 1280. The molecule has 182 valence electrons. The molecule has 1 atom stereocenters. The SMILES string of the molecule is CCOc1ccc2cc(C3CC(c4ccc(Br)cc4)=NN3C(=O)CCCCC(=O)O)c(Cl)nc2c1. The second-order valence-corrected chi connectivity index (χ2v) is 9.54. The average molecular weight is 559 g/mol. The minimum atomic E-state index is -0.867. The van der Waals surface area contributed by atoms with Crippen molar-refractivity contribution in [3.05, 3.63) is 69.3 Å². The highest BCUT2D eigenvalue weighted by Gasteiger charge is 2.34. The Morgan fingerprint density at radius 3 is 2.60 bits per heavy atom. The molecule has 7 nitrogen and oxygen atoms in total. The molecule has 1 aliphatic rings. The Labute approximate surface area is 216 Å². The largest absolute Gasteiger partial charge is 0.494 e. The number of carbonyl (C=O) groups excluding carboxylic acids is 1. The Kier molecular flexibility index (Phi) is 8.03.